The van der Waals surface area contributed by atoms with E-state index in [2.05, 4.69) is 32.6 Å². The molecule has 5 heteroatoms. The molecule has 2 N–H and O–H groups in total. The topological polar surface area (TPSA) is 50.4 Å². The van der Waals surface area contributed by atoms with E-state index < -0.39 is 11.7 Å². The van der Waals surface area contributed by atoms with Crippen molar-refractivity contribution < 1.29 is 9.53 Å². The molecular formula is C14H19BrN2O2. The molecule has 0 bridgehead atoms. The summed E-state index contributed by atoms with van der Waals surface area (Å²) >= 11 is 3.44. The van der Waals surface area contributed by atoms with Gasteiger partial charge >= 0.3 is 6.09 Å². The first-order chi connectivity index (χ1) is 8.85. The number of rotatable bonds is 2. The fraction of sp³-hybridized carbons (Fsp3) is 0.500. The minimum atomic E-state index is -0.496. The summed E-state index contributed by atoms with van der Waals surface area (Å²) in [4.78, 5) is 11.8. The van der Waals surface area contributed by atoms with E-state index in [0.29, 0.717) is 6.04 Å². The Morgan fingerprint density at radius 3 is 2.68 bits per heavy atom. The number of carbonyl (C=O) groups is 1. The van der Waals surface area contributed by atoms with E-state index in [1.165, 1.54) is 5.56 Å². The fourth-order valence-electron chi connectivity index (χ4n) is 1.84. The molecule has 0 saturated carbocycles. The van der Waals surface area contributed by atoms with Gasteiger partial charge in [0.25, 0.3) is 0 Å². The summed E-state index contributed by atoms with van der Waals surface area (Å²) in [5.74, 6) is 0. The minimum absolute atomic E-state index is 0.396. The van der Waals surface area contributed by atoms with Gasteiger partial charge in [-0.15, -0.1) is 0 Å². The van der Waals surface area contributed by atoms with Gasteiger partial charge in [-0.05, 0) is 67.4 Å². The van der Waals surface area contributed by atoms with Crippen molar-refractivity contribution in [3.63, 3.8) is 0 Å². The number of anilines is 1. The number of benzene rings is 1. The molecular weight excluding hydrogens is 308 g/mol. The van der Waals surface area contributed by atoms with Gasteiger partial charge in [0.2, 0.25) is 0 Å². The van der Waals surface area contributed by atoms with Gasteiger partial charge < -0.3 is 10.1 Å². The zero-order valence-corrected chi connectivity index (χ0v) is 13.0. The van der Waals surface area contributed by atoms with Gasteiger partial charge in [0, 0.05) is 10.5 Å². The SMILES string of the molecule is CC(C)(C)OC(=O)Nc1cc(C2CCN2)ccc1Br. The molecule has 2 rings (SSSR count). The van der Waals surface area contributed by atoms with Crippen molar-refractivity contribution in [2.24, 2.45) is 0 Å². The number of ether oxygens (including phenoxy) is 1. The van der Waals surface area contributed by atoms with Crippen LogP contribution in [0.2, 0.25) is 0 Å². The van der Waals surface area contributed by atoms with Crippen LogP contribution >= 0.6 is 15.9 Å². The monoisotopic (exact) mass is 326 g/mol. The third-order valence-corrected chi connectivity index (χ3v) is 3.54. The second-order valence-electron chi connectivity index (χ2n) is 5.66. The third kappa shape index (κ3) is 3.94. The van der Waals surface area contributed by atoms with Crippen LogP contribution in [0.25, 0.3) is 0 Å². The lowest BCUT2D eigenvalue weighted by Gasteiger charge is -2.28. The third-order valence-electron chi connectivity index (χ3n) is 2.85. The highest BCUT2D eigenvalue weighted by molar-refractivity contribution is 9.10. The van der Waals surface area contributed by atoms with Gasteiger partial charge in [-0.25, -0.2) is 4.79 Å². The number of hydrogen-bond donors (Lipinski definition) is 2. The number of hydrogen-bond acceptors (Lipinski definition) is 3. The van der Waals surface area contributed by atoms with Crippen LogP contribution in [0.1, 0.15) is 38.8 Å². The molecule has 0 spiro atoms. The molecule has 1 saturated heterocycles. The second kappa shape index (κ2) is 5.51. The van der Waals surface area contributed by atoms with Gasteiger partial charge in [0.1, 0.15) is 5.60 Å². The fourth-order valence-corrected chi connectivity index (χ4v) is 2.19. The summed E-state index contributed by atoms with van der Waals surface area (Å²) < 4.78 is 6.10. The lowest BCUT2D eigenvalue weighted by molar-refractivity contribution is 0.0636. The second-order valence-corrected chi connectivity index (χ2v) is 6.52. The van der Waals surface area contributed by atoms with E-state index in [1.807, 2.05) is 32.9 Å². The number of halogens is 1. The molecule has 1 aromatic rings. The van der Waals surface area contributed by atoms with Crippen LogP contribution in [0, 0.1) is 0 Å². The highest BCUT2D eigenvalue weighted by Crippen LogP contribution is 2.30. The lowest BCUT2D eigenvalue weighted by Crippen LogP contribution is -2.35. The lowest BCUT2D eigenvalue weighted by atomic mass is 9.98. The first-order valence-corrected chi connectivity index (χ1v) is 7.17. The maximum Gasteiger partial charge on any atom is 0.412 e. The molecule has 1 aliphatic rings. The van der Waals surface area contributed by atoms with Crippen molar-refractivity contribution in [3.05, 3.63) is 28.2 Å². The van der Waals surface area contributed by atoms with E-state index in [-0.39, 0.29) is 0 Å². The Kier molecular flexibility index (Phi) is 4.16. The first kappa shape index (κ1) is 14.3. The molecule has 1 aromatic carbocycles. The Morgan fingerprint density at radius 1 is 1.47 bits per heavy atom. The van der Waals surface area contributed by atoms with Crippen molar-refractivity contribution in [2.75, 3.05) is 11.9 Å². The van der Waals surface area contributed by atoms with Crippen LogP contribution in [0.3, 0.4) is 0 Å². The standard InChI is InChI=1S/C14H19BrN2O2/c1-14(2,3)19-13(18)17-12-8-9(4-5-10(12)15)11-6-7-16-11/h4-5,8,11,16H,6-7H2,1-3H3,(H,17,18). The van der Waals surface area contributed by atoms with Gasteiger partial charge in [-0.1, -0.05) is 6.07 Å². The average molecular weight is 327 g/mol. The molecule has 1 atom stereocenters. The number of nitrogens with one attached hydrogen (secondary N) is 2. The highest BCUT2D eigenvalue weighted by Gasteiger charge is 2.21. The Bertz CT molecular complexity index is 479. The van der Waals surface area contributed by atoms with Crippen molar-refractivity contribution in [2.45, 2.75) is 38.8 Å². The van der Waals surface area contributed by atoms with Crippen molar-refractivity contribution >= 4 is 27.7 Å². The van der Waals surface area contributed by atoms with Crippen molar-refractivity contribution in [1.82, 2.24) is 5.32 Å². The minimum Gasteiger partial charge on any atom is -0.444 e. The Labute approximate surface area is 122 Å². The molecule has 4 nitrogen and oxygen atoms in total. The van der Waals surface area contributed by atoms with Crippen LogP contribution in [-0.2, 0) is 4.74 Å². The maximum absolute atomic E-state index is 11.8. The molecule has 0 radical (unpaired) electrons. The van der Waals surface area contributed by atoms with E-state index in [1.54, 1.807) is 0 Å². The summed E-state index contributed by atoms with van der Waals surface area (Å²) in [5, 5.41) is 6.12. The predicted octanol–water partition coefficient (Wildman–Crippen LogP) is 3.83. The zero-order valence-electron chi connectivity index (χ0n) is 11.4. The zero-order chi connectivity index (χ0) is 14.0. The van der Waals surface area contributed by atoms with Crippen LogP contribution in [-0.4, -0.2) is 18.2 Å². The van der Waals surface area contributed by atoms with Crippen molar-refractivity contribution in [1.29, 1.82) is 0 Å². The summed E-state index contributed by atoms with van der Waals surface area (Å²) in [6.45, 7) is 6.58. The van der Waals surface area contributed by atoms with Crippen LogP contribution in [0.15, 0.2) is 22.7 Å². The average Bonchev–Trinajstić information content (AvgIpc) is 2.17. The van der Waals surface area contributed by atoms with E-state index in [4.69, 9.17) is 4.74 Å². The Balaban J connectivity index is 2.08. The van der Waals surface area contributed by atoms with Gasteiger partial charge in [0.05, 0.1) is 5.69 Å². The van der Waals surface area contributed by atoms with E-state index >= 15 is 0 Å². The van der Waals surface area contributed by atoms with Crippen LogP contribution in [0.4, 0.5) is 10.5 Å². The first-order valence-electron chi connectivity index (χ1n) is 6.38. The summed E-state index contributed by atoms with van der Waals surface area (Å²) in [6, 6.07) is 6.38. The van der Waals surface area contributed by atoms with Crippen LogP contribution in [0.5, 0.6) is 0 Å². The smallest absolute Gasteiger partial charge is 0.412 e. The molecule has 1 aliphatic heterocycles. The maximum atomic E-state index is 11.8. The number of amides is 1. The van der Waals surface area contributed by atoms with Crippen molar-refractivity contribution in [3.8, 4) is 0 Å². The normalized spacial score (nSPS) is 18.6. The van der Waals surface area contributed by atoms with Gasteiger partial charge in [0.15, 0.2) is 0 Å². The molecule has 1 heterocycles. The molecule has 1 amide bonds. The molecule has 1 fully saturated rings. The van der Waals surface area contributed by atoms with E-state index in [9.17, 15) is 4.79 Å². The molecule has 104 valence electrons. The Morgan fingerprint density at radius 2 is 2.16 bits per heavy atom. The van der Waals surface area contributed by atoms with E-state index in [0.717, 1.165) is 23.1 Å². The highest BCUT2D eigenvalue weighted by atomic mass is 79.9. The predicted molar refractivity (Wildman–Crippen MR) is 79.4 cm³/mol. The van der Waals surface area contributed by atoms with Gasteiger partial charge in [-0.2, -0.15) is 0 Å². The summed E-state index contributed by atoms with van der Waals surface area (Å²) in [5.41, 5.74) is 1.42. The number of carbonyl (C=O) groups excluding carboxylic acids is 1. The molecule has 0 aromatic heterocycles. The van der Waals surface area contributed by atoms with Crippen LogP contribution < -0.4 is 10.6 Å². The molecule has 1 unspecified atom stereocenters. The largest absolute Gasteiger partial charge is 0.444 e. The summed E-state index contributed by atoms with van der Waals surface area (Å²) in [6.07, 6.45) is 0.694. The molecule has 19 heavy (non-hydrogen) atoms. The molecule has 0 aliphatic carbocycles. The Hall–Kier alpha value is -1.07. The van der Waals surface area contributed by atoms with Gasteiger partial charge in [-0.3, -0.25) is 5.32 Å². The summed E-state index contributed by atoms with van der Waals surface area (Å²) in [7, 11) is 0. The quantitative estimate of drug-likeness (QED) is 0.868.